The van der Waals surface area contributed by atoms with Crippen LogP contribution in [0.4, 0.5) is 4.79 Å². The van der Waals surface area contributed by atoms with Gasteiger partial charge in [-0.3, -0.25) is 0 Å². The summed E-state index contributed by atoms with van der Waals surface area (Å²) < 4.78 is 4.77. The number of hydrogen-bond donors (Lipinski definition) is 3. The van der Waals surface area contributed by atoms with Gasteiger partial charge in [-0.1, -0.05) is 30.3 Å². The van der Waals surface area contributed by atoms with Crippen molar-refractivity contribution < 1.29 is 19.7 Å². The Morgan fingerprint density at radius 2 is 2.06 bits per heavy atom. The van der Waals surface area contributed by atoms with Gasteiger partial charge in [0.15, 0.2) is 0 Å². The number of ether oxygens (including phenoxy) is 1. The fraction of sp³-hybridized carbons (Fsp3) is 0.417. The van der Waals surface area contributed by atoms with Gasteiger partial charge in [0, 0.05) is 13.0 Å². The van der Waals surface area contributed by atoms with E-state index in [-0.39, 0.29) is 19.8 Å². The first-order valence-electron chi connectivity index (χ1n) is 5.46. The molecular formula is C12H17NO4. The van der Waals surface area contributed by atoms with Crippen molar-refractivity contribution in [1.82, 2.24) is 5.32 Å². The standard InChI is InChI=1S/C12H17NO4/c14-7-6-13-12(16)17-9-11(15)8-10-4-2-1-3-5-10/h1-5,11,14-15H,6-9H2,(H,13,16). The largest absolute Gasteiger partial charge is 0.447 e. The van der Waals surface area contributed by atoms with Gasteiger partial charge in [0.1, 0.15) is 6.61 Å². The van der Waals surface area contributed by atoms with Crippen LogP contribution in [0.5, 0.6) is 0 Å². The van der Waals surface area contributed by atoms with E-state index in [1.165, 1.54) is 0 Å². The number of nitrogens with one attached hydrogen (secondary N) is 1. The lowest BCUT2D eigenvalue weighted by Gasteiger charge is -2.11. The summed E-state index contributed by atoms with van der Waals surface area (Å²) in [6, 6.07) is 9.46. The van der Waals surface area contributed by atoms with Crippen molar-refractivity contribution in [2.75, 3.05) is 19.8 Å². The first-order valence-corrected chi connectivity index (χ1v) is 5.46. The number of benzene rings is 1. The second-order valence-electron chi connectivity index (χ2n) is 3.59. The monoisotopic (exact) mass is 239 g/mol. The highest BCUT2D eigenvalue weighted by Gasteiger charge is 2.08. The van der Waals surface area contributed by atoms with E-state index < -0.39 is 12.2 Å². The summed E-state index contributed by atoms with van der Waals surface area (Å²) in [6.07, 6.45) is -0.919. The molecule has 0 saturated heterocycles. The van der Waals surface area contributed by atoms with Crippen LogP contribution in [-0.2, 0) is 11.2 Å². The van der Waals surface area contributed by atoms with Gasteiger partial charge in [-0.15, -0.1) is 0 Å². The minimum Gasteiger partial charge on any atom is -0.447 e. The van der Waals surface area contributed by atoms with Crippen molar-refractivity contribution in [1.29, 1.82) is 0 Å². The highest BCUT2D eigenvalue weighted by Crippen LogP contribution is 2.03. The van der Waals surface area contributed by atoms with Crippen LogP contribution in [0.15, 0.2) is 30.3 Å². The van der Waals surface area contributed by atoms with Crippen LogP contribution in [0.25, 0.3) is 0 Å². The van der Waals surface area contributed by atoms with Crippen LogP contribution < -0.4 is 5.32 Å². The van der Waals surface area contributed by atoms with E-state index in [9.17, 15) is 9.90 Å². The van der Waals surface area contributed by atoms with Crippen LogP contribution in [0.1, 0.15) is 5.56 Å². The fourth-order valence-electron chi connectivity index (χ4n) is 1.33. The zero-order valence-electron chi connectivity index (χ0n) is 9.50. The summed E-state index contributed by atoms with van der Waals surface area (Å²) >= 11 is 0. The molecule has 94 valence electrons. The van der Waals surface area contributed by atoms with E-state index in [0.717, 1.165) is 5.56 Å². The Morgan fingerprint density at radius 1 is 1.35 bits per heavy atom. The first-order chi connectivity index (χ1) is 8.22. The third-order valence-electron chi connectivity index (χ3n) is 2.10. The SMILES string of the molecule is O=C(NCCO)OCC(O)Cc1ccccc1. The quantitative estimate of drug-likeness (QED) is 0.667. The van der Waals surface area contributed by atoms with Crippen molar-refractivity contribution in [2.45, 2.75) is 12.5 Å². The Morgan fingerprint density at radius 3 is 2.71 bits per heavy atom. The molecule has 0 spiro atoms. The third kappa shape index (κ3) is 5.89. The maximum Gasteiger partial charge on any atom is 0.407 e. The normalized spacial score (nSPS) is 11.9. The number of rotatable bonds is 6. The summed E-state index contributed by atoms with van der Waals surface area (Å²) in [5.74, 6) is 0. The van der Waals surface area contributed by atoms with Crippen molar-refractivity contribution in [3.05, 3.63) is 35.9 Å². The summed E-state index contributed by atoms with van der Waals surface area (Å²) in [5, 5.41) is 20.4. The highest BCUT2D eigenvalue weighted by atomic mass is 16.6. The predicted molar refractivity (Wildman–Crippen MR) is 62.6 cm³/mol. The average Bonchev–Trinajstić information content (AvgIpc) is 2.35. The Bertz CT molecular complexity index is 329. The van der Waals surface area contributed by atoms with Crippen molar-refractivity contribution >= 4 is 6.09 Å². The molecule has 5 nitrogen and oxygen atoms in total. The van der Waals surface area contributed by atoms with Gasteiger partial charge in [0.2, 0.25) is 0 Å². The van der Waals surface area contributed by atoms with E-state index in [0.29, 0.717) is 6.42 Å². The topological polar surface area (TPSA) is 78.8 Å². The molecule has 1 atom stereocenters. The van der Waals surface area contributed by atoms with Crippen molar-refractivity contribution in [3.8, 4) is 0 Å². The minimum absolute atomic E-state index is 0.0633. The fourth-order valence-corrected chi connectivity index (χ4v) is 1.33. The Balaban J connectivity index is 2.21. The Labute approximate surface area is 100 Å². The maximum absolute atomic E-state index is 11.0. The van der Waals surface area contributed by atoms with Gasteiger partial charge in [-0.05, 0) is 5.56 Å². The molecule has 17 heavy (non-hydrogen) atoms. The van der Waals surface area contributed by atoms with Gasteiger partial charge in [-0.2, -0.15) is 0 Å². The van der Waals surface area contributed by atoms with E-state index in [2.05, 4.69) is 5.32 Å². The zero-order chi connectivity index (χ0) is 12.5. The lowest BCUT2D eigenvalue weighted by atomic mass is 10.1. The smallest absolute Gasteiger partial charge is 0.407 e. The molecular weight excluding hydrogens is 222 g/mol. The van der Waals surface area contributed by atoms with Crippen LogP contribution in [0.3, 0.4) is 0 Å². The van der Waals surface area contributed by atoms with E-state index >= 15 is 0 Å². The molecule has 1 unspecified atom stereocenters. The summed E-state index contributed by atoms with van der Waals surface area (Å²) in [5.41, 5.74) is 0.986. The molecule has 3 N–H and O–H groups in total. The molecule has 0 aromatic heterocycles. The van der Waals surface area contributed by atoms with Gasteiger partial charge >= 0.3 is 6.09 Å². The molecule has 1 aromatic rings. The Kier molecular flexibility index (Phi) is 6.06. The van der Waals surface area contributed by atoms with E-state index in [1.807, 2.05) is 30.3 Å². The van der Waals surface area contributed by atoms with Crippen LogP contribution in [-0.4, -0.2) is 42.2 Å². The van der Waals surface area contributed by atoms with Gasteiger partial charge < -0.3 is 20.3 Å². The average molecular weight is 239 g/mol. The molecule has 0 saturated carbocycles. The van der Waals surface area contributed by atoms with Crippen LogP contribution in [0.2, 0.25) is 0 Å². The number of carbonyl (C=O) groups excluding carboxylic acids is 1. The molecule has 0 aliphatic heterocycles. The Hall–Kier alpha value is -1.59. The van der Waals surface area contributed by atoms with Crippen molar-refractivity contribution in [2.24, 2.45) is 0 Å². The molecule has 0 heterocycles. The molecule has 0 fully saturated rings. The molecule has 5 heteroatoms. The summed E-state index contributed by atoms with van der Waals surface area (Å²) in [4.78, 5) is 11.0. The molecule has 0 aliphatic carbocycles. The lowest BCUT2D eigenvalue weighted by Crippen LogP contribution is -2.30. The minimum atomic E-state index is -0.725. The third-order valence-corrected chi connectivity index (χ3v) is 2.10. The molecule has 1 rings (SSSR count). The summed E-state index contributed by atoms with van der Waals surface area (Å²) in [6.45, 7) is -0.0541. The number of carbonyl (C=O) groups is 1. The first kappa shape index (κ1) is 13.5. The molecule has 0 aliphatic rings. The lowest BCUT2D eigenvalue weighted by molar-refractivity contribution is 0.0679. The second-order valence-corrected chi connectivity index (χ2v) is 3.59. The second kappa shape index (κ2) is 7.65. The van der Waals surface area contributed by atoms with Gasteiger partial charge in [-0.25, -0.2) is 4.79 Å². The highest BCUT2D eigenvalue weighted by molar-refractivity contribution is 5.67. The summed E-state index contributed by atoms with van der Waals surface area (Å²) in [7, 11) is 0. The molecule has 0 radical (unpaired) electrons. The number of aliphatic hydroxyl groups is 2. The van der Waals surface area contributed by atoms with Crippen molar-refractivity contribution in [3.63, 3.8) is 0 Å². The van der Waals surface area contributed by atoms with Crippen LogP contribution in [0, 0.1) is 0 Å². The maximum atomic E-state index is 11.0. The molecule has 1 aromatic carbocycles. The molecule has 0 bridgehead atoms. The zero-order valence-corrected chi connectivity index (χ0v) is 9.50. The van der Waals surface area contributed by atoms with E-state index in [4.69, 9.17) is 9.84 Å². The number of hydrogen-bond acceptors (Lipinski definition) is 4. The predicted octanol–water partition coefficient (Wildman–Crippen LogP) is 0.308. The van der Waals surface area contributed by atoms with Crippen LogP contribution >= 0.6 is 0 Å². The van der Waals surface area contributed by atoms with Gasteiger partial charge in [0.25, 0.3) is 0 Å². The van der Waals surface area contributed by atoms with Gasteiger partial charge in [0.05, 0.1) is 12.7 Å². The number of alkyl carbamates (subject to hydrolysis) is 1. The number of aliphatic hydroxyl groups excluding tert-OH is 2. The molecule has 1 amide bonds. The number of amides is 1. The van der Waals surface area contributed by atoms with E-state index in [1.54, 1.807) is 0 Å².